The molecule has 1 fully saturated rings. The molecule has 0 amide bonds. The van der Waals surface area contributed by atoms with Crippen molar-refractivity contribution in [2.45, 2.75) is 38.1 Å². The van der Waals surface area contributed by atoms with Gasteiger partial charge in [0.05, 0.1) is 5.69 Å². The quantitative estimate of drug-likeness (QED) is 0.543. The van der Waals surface area contributed by atoms with Gasteiger partial charge in [0.25, 0.3) is 0 Å². The molecule has 0 spiro atoms. The van der Waals surface area contributed by atoms with Gasteiger partial charge in [-0.05, 0) is 31.7 Å². The number of aromatic nitrogens is 2. The van der Waals surface area contributed by atoms with Crippen molar-refractivity contribution in [3.8, 4) is 0 Å². The third-order valence-corrected chi connectivity index (χ3v) is 2.70. The molecule has 1 heterocycles. The highest BCUT2D eigenvalue weighted by Crippen LogP contribution is 2.38. The number of aryl methyl sites for hydroxylation is 1. The van der Waals surface area contributed by atoms with Crippen LogP contribution in [0.2, 0.25) is 0 Å². The fourth-order valence-corrected chi connectivity index (χ4v) is 1.62. The lowest BCUT2D eigenvalue weighted by molar-refractivity contribution is 0.608. The average Bonchev–Trinajstić information content (AvgIpc) is 3.04. The van der Waals surface area contributed by atoms with E-state index in [4.69, 9.17) is 0 Å². The minimum atomic E-state index is -0.108. The van der Waals surface area contributed by atoms with Crippen LogP contribution in [0.15, 0.2) is 29.7 Å². The third-order valence-electron chi connectivity index (χ3n) is 2.70. The lowest BCUT2D eigenvalue weighted by atomic mass is 10.3. The summed E-state index contributed by atoms with van der Waals surface area (Å²) in [5, 5.41) is 0. The summed E-state index contributed by atoms with van der Waals surface area (Å²) < 4.78 is 1.68. The number of hydrogen-bond donors (Lipinski definition) is 0. The van der Waals surface area contributed by atoms with Crippen LogP contribution in [0, 0.1) is 0 Å². The van der Waals surface area contributed by atoms with Crippen LogP contribution in [0.25, 0.3) is 0 Å². The Morgan fingerprint density at radius 3 is 3.00 bits per heavy atom. The molecular weight excluding hydrogens is 188 g/mol. The van der Waals surface area contributed by atoms with E-state index < -0.39 is 0 Å². The van der Waals surface area contributed by atoms with Crippen LogP contribution in [0.1, 0.15) is 37.3 Å². The van der Waals surface area contributed by atoms with Crippen LogP contribution in [-0.2, 0) is 6.54 Å². The second-order valence-corrected chi connectivity index (χ2v) is 4.03. The first-order valence-corrected chi connectivity index (χ1v) is 5.49. The van der Waals surface area contributed by atoms with E-state index >= 15 is 0 Å². The minimum absolute atomic E-state index is 0.108. The molecule has 0 N–H and O–H groups in total. The molecule has 1 saturated carbocycles. The maximum absolute atomic E-state index is 11.6. The first-order chi connectivity index (χ1) is 7.31. The first-order valence-electron chi connectivity index (χ1n) is 5.49. The standard InChI is InChI=1S/C12H16N2O/c1-2-3-4-8-14-9-7-11(10-5-6-10)13-12(14)15/h2,7,9-10H,1,3-6,8H2. The molecule has 0 unspecified atom stereocenters. The van der Waals surface area contributed by atoms with Crippen molar-refractivity contribution < 1.29 is 0 Å². The number of unbranched alkanes of at least 4 members (excludes halogenated alkanes) is 1. The van der Waals surface area contributed by atoms with Crippen LogP contribution in [0.3, 0.4) is 0 Å². The Balaban J connectivity index is 2.05. The Morgan fingerprint density at radius 1 is 1.60 bits per heavy atom. The Bertz CT molecular complexity index is 404. The predicted octanol–water partition coefficient (Wildman–Crippen LogP) is 2.09. The van der Waals surface area contributed by atoms with E-state index in [1.807, 2.05) is 18.3 Å². The third kappa shape index (κ3) is 2.55. The van der Waals surface area contributed by atoms with E-state index in [0.29, 0.717) is 5.92 Å². The molecule has 1 aromatic heterocycles. The van der Waals surface area contributed by atoms with Gasteiger partial charge in [0.2, 0.25) is 0 Å². The van der Waals surface area contributed by atoms with E-state index in [-0.39, 0.29) is 5.69 Å². The Morgan fingerprint density at radius 2 is 2.40 bits per heavy atom. The van der Waals surface area contributed by atoms with Gasteiger partial charge in [-0.15, -0.1) is 6.58 Å². The fraction of sp³-hybridized carbons (Fsp3) is 0.500. The molecule has 3 nitrogen and oxygen atoms in total. The summed E-state index contributed by atoms with van der Waals surface area (Å²) >= 11 is 0. The molecule has 1 aliphatic rings. The van der Waals surface area contributed by atoms with Crippen LogP contribution >= 0.6 is 0 Å². The maximum Gasteiger partial charge on any atom is 0.347 e. The van der Waals surface area contributed by atoms with Crippen molar-refractivity contribution in [2.75, 3.05) is 0 Å². The van der Waals surface area contributed by atoms with Crippen LogP contribution < -0.4 is 5.69 Å². The van der Waals surface area contributed by atoms with Gasteiger partial charge in [0.1, 0.15) is 0 Å². The number of allylic oxidation sites excluding steroid dienone is 1. The zero-order valence-corrected chi connectivity index (χ0v) is 8.85. The molecule has 3 heteroatoms. The molecule has 0 saturated heterocycles. The molecule has 1 aromatic rings. The summed E-state index contributed by atoms with van der Waals surface area (Å²) in [5.41, 5.74) is 0.864. The van der Waals surface area contributed by atoms with E-state index in [2.05, 4.69) is 11.6 Å². The first kappa shape index (κ1) is 10.1. The maximum atomic E-state index is 11.6. The van der Waals surface area contributed by atoms with Gasteiger partial charge in [-0.3, -0.25) is 4.57 Å². The van der Waals surface area contributed by atoms with E-state index in [9.17, 15) is 4.79 Å². The molecular formula is C12H16N2O. The lowest BCUT2D eigenvalue weighted by Gasteiger charge is -2.04. The summed E-state index contributed by atoms with van der Waals surface area (Å²) in [6.07, 6.45) is 8.01. The van der Waals surface area contributed by atoms with Gasteiger partial charge in [-0.25, -0.2) is 4.79 Å². The monoisotopic (exact) mass is 204 g/mol. The lowest BCUT2D eigenvalue weighted by Crippen LogP contribution is -2.23. The molecule has 0 aromatic carbocycles. The van der Waals surface area contributed by atoms with Gasteiger partial charge >= 0.3 is 5.69 Å². The molecule has 15 heavy (non-hydrogen) atoms. The predicted molar refractivity (Wildman–Crippen MR) is 59.9 cm³/mol. The van der Waals surface area contributed by atoms with Crippen LogP contribution in [-0.4, -0.2) is 9.55 Å². The van der Waals surface area contributed by atoms with E-state index in [0.717, 1.165) is 25.1 Å². The van der Waals surface area contributed by atoms with E-state index in [1.165, 1.54) is 12.8 Å². The Kier molecular flexibility index (Phi) is 2.99. The van der Waals surface area contributed by atoms with Crippen molar-refractivity contribution in [1.82, 2.24) is 9.55 Å². The zero-order chi connectivity index (χ0) is 10.7. The summed E-state index contributed by atoms with van der Waals surface area (Å²) in [5.74, 6) is 0.556. The largest absolute Gasteiger partial charge is 0.347 e. The topological polar surface area (TPSA) is 34.9 Å². The highest BCUT2D eigenvalue weighted by molar-refractivity contribution is 5.12. The number of hydrogen-bond acceptors (Lipinski definition) is 2. The van der Waals surface area contributed by atoms with Crippen molar-refractivity contribution in [3.05, 3.63) is 41.1 Å². The summed E-state index contributed by atoms with van der Waals surface area (Å²) in [7, 11) is 0. The van der Waals surface area contributed by atoms with Crippen molar-refractivity contribution in [2.24, 2.45) is 0 Å². The fourth-order valence-electron chi connectivity index (χ4n) is 1.62. The zero-order valence-electron chi connectivity index (χ0n) is 8.85. The summed E-state index contributed by atoms with van der Waals surface area (Å²) in [4.78, 5) is 15.7. The van der Waals surface area contributed by atoms with Crippen molar-refractivity contribution in [1.29, 1.82) is 0 Å². The molecule has 0 radical (unpaired) electrons. The molecule has 80 valence electrons. The SMILES string of the molecule is C=CCCCn1ccc(C2CC2)nc1=O. The smallest absolute Gasteiger partial charge is 0.299 e. The van der Waals surface area contributed by atoms with Crippen molar-refractivity contribution in [3.63, 3.8) is 0 Å². The van der Waals surface area contributed by atoms with E-state index in [1.54, 1.807) is 4.57 Å². The highest BCUT2D eigenvalue weighted by Gasteiger charge is 2.25. The second-order valence-electron chi connectivity index (χ2n) is 4.03. The summed E-state index contributed by atoms with van der Waals surface area (Å²) in [6.45, 7) is 4.40. The highest BCUT2D eigenvalue weighted by atomic mass is 16.1. The van der Waals surface area contributed by atoms with Gasteiger partial charge < -0.3 is 0 Å². The molecule has 1 aliphatic carbocycles. The minimum Gasteiger partial charge on any atom is -0.299 e. The molecule has 0 aliphatic heterocycles. The number of rotatable bonds is 5. The van der Waals surface area contributed by atoms with Crippen LogP contribution in [0.5, 0.6) is 0 Å². The van der Waals surface area contributed by atoms with Crippen LogP contribution in [0.4, 0.5) is 0 Å². The number of nitrogens with zero attached hydrogens (tertiary/aromatic N) is 2. The molecule has 0 atom stereocenters. The van der Waals surface area contributed by atoms with Gasteiger partial charge in [-0.2, -0.15) is 4.98 Å². The normalized spacial score (nSPS) is 15.2. The molecule has 0 bridgehead atoms. The summed E-state index contributed by atoms with van der Waals surface area (Å²) in [6, 6.07) is 1.98. The average molecular weight is 204 g/mol. The van der Waals surface area contributed by atoms with Crippen molar-refractivity contribution >= 4 is 0 Å². The Labute approximate surface area is 89.5 Å². The second kappa shape index (κ2) is 4.43. The van der Waals surface area contributed by atoms with Gasteiger partial charge in [0.15, 0.2) is 0 Å². The Hall–Kier alpha value is -1.38. The van der Waals surface area contributed by atoms with Gasteiger partial charge in [0, 0.05) is 18.7 Å². The van der Waals surface area contributed by atoms with Gasteiger partial charge in [-0.1, -0.05) is 6.08 Å². The molecule has 2 rings (SSSR count).